The number of benzene rings is 1. The van der Waals surface area contributed by atoms with Crippen LogP contribution in [0.25, 0.3) is 11.3 Å². The maximum atomic E-state index is 12.3. The quantitative estimate of drug-likeness (QED) is 0.674. The average molecular weight is 369 g/mol. The van der Waals surface area contributed by atoms with Crippen molar-refractivity contribution in [2.45, 2.75) is 13.3 Å². The Morgan fingerprint density at radius 1 is 1.19 bits per heavy atom. The summed E-state index contributed by atoms with van der Waals surface area (Å²) in [7, 11) is 1.53. The Bertz CT molecular complexity index is 860. The van der Waals surface area contributed by atoms with Crippen LogP contribution in [-0.4, -0.2) is 29.6 Å². The third kappa shape index (κ3) is 4.37. The number of nitrogens with zero attached hydrogens (tertiary/aromatic N) is 2. The zero-order valence-corrected chi connectivity index (χ0v) is 15.4. The highest BCUT2D eigenvalue weighted by Crippen LogP contribution is 2.27. The number of nitrogens with one attached hydrogen (secondary N) is 1. The standard InChI is InChI=1S/C19H19N3O3S/c1-3-10-25-15-7-4-13(5-8-15)16-12-26-19(21-16)22-18(23)14-6-9-17(24-2)20-11-14/h4-9,11-12H,3,10H2,1-2H3,(H,21,22,23). The Hall–Kier alpha value is -2.93. The number of carbonyl (C=O) groups is 1. The predicted octanol–water partition coefficient (Wildman–Crippen LogP) is 4.25. The minimum Gasteiger partial charge on any atom is -0.494 e. The molecule has 0 aliphatic rings. The van der Waals surface area contributed by atoms with Crippen molar-refractivity contribution in [1.29, 1.82) is 0 Å². The first-order chi connectivity index (χ1) is 12.7. The molecule has 1 N–H and O–H groups in total. The molecule has 1 amide bonds. The van der Waals surface area contributed by atoms with Crippen molar-refractivity contribution in [3.8, 4) is 22.9 Å². The maximum absolute atomic E-state index is 12.3. The number of pyridine rings is 1. The van der Waals surface area contributed by atoms with Gasteiger partial charge in [-0.15, -0.1) is 11.3 Å². The lowest BCUT2D eigenvalue weighted by atomic mass is 10.2. The number of anilines is 1. The van der Waals surface area contributed by atoms with Crippen LogP contribution in [0.1, 0.15) is 23.7 Å². The van der Waals surface area contributed by atoms with E-state index in [1.54, 1.807) is 12.1 Å². The molecular formula is C19H19N3O3S. The number of ether oxygens (including phenoxy) is 2. The van der Waals surface area contributed by atoms with Crippen LogP contribution in [0.15, 0.2) is 48.0 Å². The molecule has 0 fully saturated rings. The van der Waals surface area contributed by atoms with E-state index in [1.165, 1.54) is 24.6 Å². The minimum absolute atomic E-state index is 0.260. The molecule has 134 valence electrons. The molecule has 3 aromatic rings. The molecule has 0 saturated carbocycles. The second-order valence-electron chi connectivity index (χ2n) is 5.45. The van der Waals surface area contributed by atoms with Gasteiger partial charge in [0.05, 0.1) is 25.0 Å². The summed E-state index contributed by atoms with van der Waals surface area (Å²) < 4.78 is 10.6. The second kappa shape index (κ2) is 8.44. The zero-order valence-electron chi connectivity index (χ0n) is 14.6. The van der Waals surface area contributed by atoms with Crippen LogP contribution in [-0.2, 0) is 0 Å². The number of amides is 1. The van der Waals surface area contributed by atoms with Crippen molar-refractivity contribution in [1.82, 2.24) is 9.97 Å². The van der Waals surface area contributed by atoms with E-state index in [0.717, 1.165) is 23.4 Å². The van der Waals surface area contributed by atoms with Gasteiger partial charge in [-0.2, -0.15) is 0 Å². The zero-order chi connectivity index (χ0) is 18.4. The average Bonchev–Trinajstić information content (AvgIpc) is 3.15. The van der Waals surface area contributed by atoms with Crippen molar-refractivity contribution in [2.75, 3.05) is 19.0 Å². The first-order valence-corrected chi connectivity index (χ1v) is 9.07. The van der Waals surface area contributed by atoms with Crippen molar-refractivity contribution < 1.29 is 14.3 Å². The molecule has 0 radical (unpaired) electrons. The summed E-state index contributed by atoms with van der Waals surface area (Å²) in [5.41, 5.74) is 2.22. The van der Waals surface area contributed by atoms with Crippen LogP contribution >= 0.6 is 11.3 Å². The van der Waals surface area contributed by atoms with E-state index in [2.05, 4.69) is 22.2 Å². The van der Waals surface area contributed by atoms with E-state index in [-0.39, 0.29) is 5.91 Å². The normalized spacial score (nSPS) is 10.4. The van der Waals surface area contributed by atoms with E-state index in [4.69, 9.17) is 9.47 Å². The molecule has 0 aliphatic heterocycles. The van der Waals surface area contributed by atoms with Crippen LogP contribution in [0.4, 0.5) is 5.13 Å². The SMILES string of the molecule is CCCOc1ccc(-c2csc(NC(=O)c3ccc(OC)nc3)n2)cc1. The molecule has 0 atom stereocenters. The Morgan fingerprint density at radius 2 is 2.00 bits per heavy atom. The fourth-order valence-electron chi connectivity index (χ4n) is 2.21. The Kier molecular flexibility index (Phi) is 5.80. The lowest BCUT2D eigenvalue weighted by Gasteiger charge is -2.05. The van der Waals surface area contributed by atoms with Crippen molar-refractivity contribution in [3.05, 3.63) is 53.5 Å². The molecule has 2 heterocycles. The predicted molar refractivity (Wildman–Crippen MR) is 102 cm³/mol. The highest BCUT2D eigenvalue weighted by molar-refractivity contribution is 7.14. The van der Waals surface area contributed by atoms with Gasteiger partial charge in [0.2, 0.25) is 5.88 Å². The van der Waals surface area contributed by atoms with Gasteiger partial charge in [0.25, 0.3) is 5.91 Å². The molecule has 0 unspecified atom stereocenters. The number of carbonyl (C=O) groups excluding carboxylic acids is 1. The lowest BCUT2D eigenvalue weighted by Crippen LogP contribution is -2.12. The maximum Gasteiger partial charge on any atom is 0.259 e. The third-order valence-corrected chi connectivity index (χ3v) is 4.31. The number of thiazole rings is 1. The van der Waals surface area contributed by atoms with Gasteiger partial charge in [-0.05, 0) is 36.8 Å². The minimum atomic E-state index is -0.260. The van der Waals surface area contributed by atoms with E-state index in [9.17, 15) is 4.79 Å². The summed E-state index contributed by atoms with van der Waals surface area (Å²) in [5, 5.41) is 5.23. The molecule has 7 heteroatoms. The van der Waals surface area contributed by atoms with Gasteiger partial charge in [-0.1, -0.05) is 6.92 Å². The molecule has 0 aliphatic carbocycles. The van der Waals surface area contributed by atoms with Crippen molar-refractivity contribution >= 4 is 22.4 Å². The first kappa shape index (κ1) is 17.9. The van der Waals surface area contributed by atoms with E-state index in [1.807, 2.05) is 29.6 Å². The van der Waals surface area contributed by atoms with Gasteiger partial charge in [-0.3, -0.25) is 10.1 Å². The smallest absolute Gasteiger partial charge is 0.259 e. The summed E-state index contributed by atoms with van der Waals surface area (Å²) in [4.78, 5) is 20.8. The van der Waals surface area contributed by atoms with Crippen LogP contribution in [0.5, 0.6) is 11.6 Å². The summed E-state index contributed by atoms with van der Waals surface area (Å²) in [5.74, 6) is 1.04. The molecule has 0 spiro atoms. The molecule has 1 aromatic carbocycles. The number of methoxy groups -OCH3 is 1. The van der Waals surface area contributed by atoms with E-state index >= 15 is 0 Å². The summed E-state index contributed by atoms with van der Waals surface area (Å²) >= 11 is 1.37. The highest BCUT2D eigenvalue weighted by Gasteiger charge is 2.11. The summed E-state index contributed by atoms with van der Waals surface area (Å²) in [6.07, 6.45) is 2.44. The van der Waals surface area contributed by atoms with Crippen LogP contribution in [0, 0.1) is 0 Å². The number of hydrogen-bond acceptors (Lipinski definition) is 6. The highest BCUT2D eigenvalue weighted by atomic mass is 32.1. The second-order valence-corrected chi connectivity index (χ2v) is 6.31. The largest absolute Gasteiger partial charge is 0.494 e. The molecule has 2 aromatic heterocycles. The topological polar surface area (TPSA) is 73.3 Å². The van der Waals surface area contributed by atoms with Crippen LogP contribution in [0.3, 0.4) is 0 Å². The Labute approximate surface area is 155 Å². The van der Waals surface area contributed by atoms with Crippen LogP contribution < -0.4 is 14.8 Å². The van der Waals surface area contributed by atoms with Gasteiger partial charge in [0.1, 0.15) is 5.75 Å². The number of rotatable bonds is 7. The first-order valence-electron chi connectivity index (χ1n) is 8.19. The molecule has 6 nitrogen and oxygen atoms in total. The summed E-state index contributed by atoms with van der Waals surface area (Å²) in [6.45, 7) is 2.77. The summed E-state index contributed by atoms with van der Waals surface area (Å²) in [6, 6.07) is 11.1. The Morgan fingerprint density at radius 3 is 2.65 bits per heavy atom. The Balaban J connectivity index is 1.66. The van der Waals surface area contributed by atoms with Gasteiger partial charge in [0, 0.05) is 23.2 Å². The monoisotopic (exact) mass is 369 g/mol. The van der Waals surface area contributed by atoms with Crippen molar-refractivity contribution in [2.24, 2.45) is 0 Å². The number of hydrogen-bond donors (Lipinski definition) is 1. The van der Waals surface area contributed by atoms with Gasteiger partial charge < -0.3 is 9.47 Å². The van der Waals surface area contributed by atoms with E-state index < -0.39 is 0 Å². The van der Waals surface area contributed by atoms with Crippen LogP contribution in [0.2, 0.25) is 0 Å². The lowest BCUT2D eigenvalue weighted by molar-refractivity contribution is 0.102. The molecule has 0 bridgehead atoms. The van der Waals surface area contributed by atoms with Gasteiger partial charge in [0.15, 0.2) is 5.13 Å². The van der Waals surface area contributed by atoms with Gasteiger partial charge in [-0.25, -0.2) is 9.97 Å². The number of aromatic nitrogens is 2. The fraction of sp³-hybridized carbons (Fsp3) is 0.211. The molecular weight excluding hydrogens is 350 g/mol. The van der Waals surface area contributed by atoms with E-state index in [0.29, 0.717) is 23.2 Å². The molecule has 0 saturated heterocycles. The van der Waals surface area contributed by atoms with Crippen molar-refractivity contribution in [3.63, 3.8) is 0 Å². The fourth-order valence-corrected chi connectivity index (χ4v) is 2.92. The molecule has 3 rings (SSSR count). The van der Waals surface area contributed by atoms with Gasteiger partial charge >= 0.3 is 0 Å². The molecule has 26 heavy (non-hydrogen) atoms. The third-order valence-electron chi connectivity index (χ3n) is 3.56.